The van der Waals surface area contributed by atoms with E-state index < -0.39 is 0 Å². The van der Waals surface area contributed by atoms with Gasteiger partial charge in [-0.1, -0.05) is 177 Å². The van der Waals surface area contributed by atoms with Crippen molar-refractivity contribution in [2.24, 2.45) is 5.92 Å². The van der Waals surface area contributed by atoms with E-state index in [1.807, 2.05) is 0 Å². The Morgan fingerprint density at radius 1 is 0.432 bits per heavy atom. The third kappa shape index (κ3) is 34.6. The topological polar surface area (TPSA) is 17.1 Å². The second kappa shape index (κ2) is 37.3. The number of hydrogen-bond acceptors (Lipinski definition) is 1. The lowest BCUT2D eigenvalue weighted by molar-refractivity contribution is -0.120. The zero-order valence-electron chi connectivity index (χ0n) is 29.8. The van der Waals surface area contributed by atoms with Gasteiger partial charge in [0.1, 0.15) is 5.78 Å². The Labute approximate surface area is 276 Å². The molecule has 0 amide bonds. The minimum Gasteiger partial charge on any atom is -0.300 e. The molecule has 1 nitrogen and oxygen atoms in total. The van der Waals surface area contributed by atoms with Crippen LogP contribution in [0.15, 0.2) is 72.9 Å². The normalized spacial score (nSPS) is 12.7. The summed E-state index contributed by atoms with van der Waals surface area (Å²) in [6.07, 6.45) is 58.8. The Morgan fingerprint density at radius 3 is 1.20 bits per heavy atom. The van der Waals surface area contributed by atoms with Gasteiger partial charge < -0.3 is 0 Å². The zero-order valence-corrected chi connectivity index (χ0v) is 29.8. The Bertz CT molecular complexity index is 708. The lowest BCUT2D eigenvalue weighted by atomic mass is 9.89. The summed E-state index contributed by atoms with van der Waals surface area (Å²) >= 11 is 0. The maximum absolute atomic E-state index is 12.5. The van der Waals surface area contributed by atoms with Crippen molar-refractivity contribution in [3.05, 3.63) is 72.9 Å². The van der Waals surface area contributed by atoms with Crippen molar-refractivity contribution in [3.63, 3.8) is 0 Å². The van der Waals surface area contributed by atoms with Gasteiger partial charge in [0.15, 0.2) is 0 Å². The Balaban J connectivity index is 3.92. The molecule has 0 aliphatic heterocycles. The van der Waals surface area contributed by atoms with Crippen LogP contribution in [0.4, 0.5) is 0 Å². The number of carbonyl (C=O) groups excluding carboxylic acids is 1. The summed E-state index contributed by atoms with van der Waals surface area (Å²) in [7, 11) is 0. The van der Waals surface area contributed by atoms with E-state index >= 15 is 0 Å². The summed E-state index contributed by atoms with van der Waals surface area (Å²) in [6.45, 7) is 6.55. The average Bonchev–Trinajstić information content (AvgIpc) is 3.03. The predicted octanol–water partition coefficient (Wildman–Crippen LogP) is 14.7. The number of hydrogen-bond donors (Lipinski definition) is 0. The van der Waals surface area contributed by atoms with Gasteiger partial charge in [-0.3, -0.25) is 4.79 Å². The van der Waals surface area contributed by atoms with Crippen LogP contribution in [-0.2, 0) is 4.79 Å². The van der Waals surface area contributed by atoms with Crippen LogP contribution in [0.1, 0.15) is 188 Å². The molecule has 0 fully saturated rings. The average molecular weight is 607 g/mol. The summed E-state index contributed by atoms with van der Waals surface area (Å²) in [4.78, 5) is 12.5. The van der Waals surface area contributed by atoms with E-state index in [1.165, 1.54) is 103 Å². The van der Waals surface area contributed by atoms with Crippen molar-refractivity contribution in [2.75, 3.05) is 0 Å². The van der Waals surface area contributed by atoms with E-state index in [0.717, 1.165) is 64.2 Å². The number of allylic oxidation sites excluding steroid dienone is 12. The lowest BCUT2D eigenvalue weighted by Crippen LogP contribution is -2.09. The highest BCUT2D eigenvalue weighted by atomic mass is 16.1. The SMILES string of the molecule is CC/C=C\C/C=C\C/C=C\CCCCCCCCC(CCCCCCCC/C=C\C/C=C\C/C=C\CC)CC(=O)CCCC. The van der Waals surface area contributed by atoms with Gasteiger partial charge in [-0.05, 0) is 76.5 Å². The highest BCUT2D eigenvalue weighted by Crippen LogP contribution is 2.23. The summed E-state index contributed by atoms with van der Waals surface area (Å²) in [5, 5.41) is 0. The molecule has 1 heteroatoms. The summed E-state index contributed by atoms with van der Waals surface area (Å²) in [5.74, 6) is 1.15. The van der Waals surface area contributed by atoms with Gasteiger partial charge in [0.05, 0.1) is 0 Å². The van der Waals surface area contributed by atoms with Gasteiger partial charge >= 0.3 is 0 Å². The number of unbranched alkanes of at least 4 members (excludes halogenated alkanes) is 13. The molecule has 252 valence electrons. The van der Waals surface area contributed by atoms with Crippen molar-refractivity contribution in [1.29, 1.82) is 0 Å². The zero-order chi connectivity index (χ0) is 32.0. The van der Waals surface area contributed by atoms with Crippen molar-refractivity contribution < 1.29 is 4.79 Å². The van der Waals surface area contributed by atoms with E-state index in [1.54, 1.807) is 0 Å². The molecule has 0 aliphatic rings. The fourth-order valence-corrected chi connectivity index (χ4v) is 5.60. The van der Waals surface area contributed by atoms with E-state index in [0.29, 0.717) is 11.7 Å². The maximum atomic E-state index is 12.5. The van der Waals surface area contributed by atoms with Gasteiger partial charge in [-0.15, -0.1) is 0 Å². The van der Waals surface area contributed by atoms with Gasteiger partial charge in [0.2, 0.25) is 0 Å². The van der Waals surface area contributed by atoms with Crippen LogP contribution in [0, 0.1) is 5.92 Å². The first-order chi connectivity index (χ1) is 21.7. The minimum atomic E-state index is 0.519. The van der Waals surface area contributed by atoms with Crippen LogP contribution >= 0.6 is 0 Å². The number of carbonyl (C=O) groups is 1. The van der Waals surface area contributed by atoms with Gasteiger partial charge in [0.25, 0.3) is 0 Å². The van der Waals surface area contributed by atoms with Crippen LogP contribution in [0.3, 0.4) is 0 Å². The van der Waals surface area contributed by atoms with Crippen molar-refractivity contribution in [3.8, 4) is 0 Å². The highest BCUT2D eigenvalue weighted by Gasteiger charge is 2.13. The Morgan fingerprint density at radius 2 is 0.795 bits per heavy atom. The molecule has 0 N–H and O–H groups in total. The Kier molecular flexibility index (Phi) is 35.7. The van der Waals surface area contributed by atoms with E-state index in [9.17, 15) is 4.79 Å². The Hall–Kier alpha value is -1.89. The molecule has 0 aliphatic carbocycles. The molecule has 0 bridgehead atoms. The fraction of sp³-hybridized carbons (Fsp3) is 0.698. The summed E-state index contributed by atoms with van der Waals surface area (Å²) in [5.41, 5.74) is 0. The molecule has 0 rings (SSSR count). The maximum Gasteiger partial charge on any atom is 0.133 e. The van der Waals surface area contributed by atoms with Gasteiger partial charge in [-0.2, -0.15) is 0 Å². The standard InChI is InChI=1S/C43H74O/c1-4-7-10-12-14-16-18-20-22-24-26-28-30-32-34-36-38-42(41-43(44)40-9-6-3)39-37-35-33-31-29-27-25-23-21-19-17-15-13-11-8-5-2/h7-8,10-11,14-17,20-23,42H,4-6,9,12-13,18-19,24-41H2,1-3H3/b10-7-,11-8-,16-14-,17-15-,22-20-,23-21-. The number of ketones is 1. The fourth-order valence-electron chi connectivity index (χ4n) is 5.60. The first-order valence-corrected chi connectivity index (χ1v) is 19.2. The van der Waals surface area contributed by atoms with Crippen LogP contribution < -0.4 is 0 Å². The first kappa shape index (κ1) is 42.1. The van der Waals surface area contributed by atoms with E-state index in [4.69, 9.17) is 0 Å². The first-order valence-electron chi connectivity index (χ1n) is 19.2. The van der Waals surface area contributed by atoms with Crippen LogP contribution in [-0.4, -0.2) is 5.78 Å². The van der Waals surface area contributed by atoms with Crippen molar-refractivity contribution >= 4 is 5.78 Å². The summed E-state index contributed by atoms with van der Waals surface area (Å²) < 4.78 is 0. The van der Waals surface area contributed by atoms with E-state index in [2.05, 4.69) is 93.7 Å². The monoisotopic (exact) mass is 607 g/mol. The highest BCUT2D eigenvalue weighted by molar-refractivity contribution is 5.78. The molecule has 0 unspecified atom stereocenters. The smallest absolute Gasteiger partial charge is 0.133 e. The molecule has 0 heterocycles. The third-order valence-electron chi connectivity index (χ3n) is 8.35. The number of rotatable bonds is 33. The molecule has 0 atom stereocenters. The largest absolute Gasteiger partial charge is 0.300 e. The molecule has 0 spiro atoms. The van der Waals surface area contributed by atoms with Crippen molar-refractivity contribution in [2.45, 2.75) is 188 Å². The molecule has 0 saturated heterocycles. The van der Waals surface area contributed by atoms with Gasteiger partial charge in [0, 0.05) is 12.8 Å². The van der Waals surface area contributed by atoms with Crippen LogP contribution in [0.5, 0.6) is 0 Å². The molecule has 0 saturated carbocycles. The summed E-state index contributed by atoms with van der Waals surface area (Å²) in [6, 6.07) is 0. The molecule has 0 radical (unpaired) electrons. The van der Waals surface area contributed by atoms with Crippen molar-refractivity contribution in [1.82, 2.24) is 0 Å². The quantitative estimate of drug-likeness (QED) is 0.0536. The molecular weight excluding hydrogens is 532 g/mol. The van der Waals surface area contributed by atoms with E-state index in [-0.39, 0.29) is 0 Å². The molecule has 0 aromatic carbocycles. The second-order valence-corrected chi connectivity index (χ2v) is 12.7. The number of Topliss-reactive ketones (excluding diaryl/α,β-unsaturated/α-hetero) is 1. The van der Waals surface area contributed by atoms with Crippen LogP contribution in [0.25, 0.3) is 0 Å². The molecular formula is C43H74O. The predicted molar refractivity (Wildman–Crippen MR) is 200 cm³/mol. The third-order valence-corrected chi connectivity index (χ3v) is 8.35. The lowest BCUT2D eigenvalue weighted by Gasteiger charge is -2.16. The molecule has 44 heavy (non-hydrogen) atoms. The molecule has 0 aromatic heterocycles. The van der Waals surface area contributed by atoms with Gasteiger partial charge in [-0.25, -0.2) is 0 Å². The molecule has 0 aromatic rings. The van der Waals surface area contributed by atoms with Crippen LogP contribution in [0.2, 0.25) is 0 Å². The second-order valence-electron chi connectivity index (χ2n) is 12.7. The minimum absolute atomic E-state index is 0.519.